The van der Waals surface area contributed by atoms with E-state index in [0.29, 0.717) is 11.2 Å². The Balaban J connectivity index is 2.66. The van der Waals surface area contributed by atoms with Crippen molar-refractivity contribution in [3.05, 3.63) is 22.6 Å². The fraction of sp³-hybridized carbons (Fsp3) is 0.167. The molecule has 0 atom stereocenters. The van der Waals surface area contributed by atoms with E-state index in [1.54, 1.807) is 6.07 Å². The van der Waals surface area contributed by atoms with E-state index in [0.717, 1.165) is 5.56 Å². The molecule has 0 fully saturated rings. The van der Waals surface area contributed by atoms with Gasteiger partial charge in [0.15, 0.2) is 4.67 Å². The standard InChI is InChI=1S/C6H4BrNO2/c7-6-1-5(3-10-6)2-8-4-9/h1,3H,2H2. The largest absolute Gasteiger partial charge is 0.457 e. The molecule has 1 rings (SSSR count). The van der Waals surface area contributed by atoms with Crippen molar-refractivity contribution in [3.63, 3.8) is 0 Å². The summed E-state index contributed by atoms with van der Waals surface area (Å²) >= 11 is 3.12. The third-order valence-electron chi connectivity index (χ3n) is 0.948. The maximum absolute atomic E-state index is 9.65. The Morgan fingerprint density at radius 3 is 3.10 bits per heavy atom. The van der Waals surface area contributed by atoms with Gasteiger partial charge in [0.25, 0.3) is 0 Å². The van der Waals surface area contributed by atoms with Crippen LogP contribution in [0.5, 0.6) is 0 Å². The molecule has 0 aliphatic heterocycles. The molecule has 0 spiro atoms. The highest BCUT2D eigenvalue weighted by Gasteiger charge is 1.95. The molecule has 1 aromatic rings. The first-order valence-electron chi connectivity index (χ1n) is 2.59. The molecule has 0 N–H and O–H groups in total. The molecule has 0 aliphatic carbocycles. The lowest BCUT2D eigenvalue weighted by molar-refractivity contribution is 0.538. The normalized spacial score (nSPS) is 8.90. The Labute approximate surface area is 65.9 Å². The molecule has 0 saturated heterocycles. The summed E-state index contributed by atoms with van der Waals surface area (Å²) in [4.78, 5) is 13.0. The topological polar surface area (TPSA) is 42.6 Å². The van der Waals surface area contributed by atoms with E-state index in [-0.39, 0.29) is 0 Å². The van der Waals surface area contributed by atoms with E-state index in [2.05, 4.69) is 20.9 Å². The van der Waals surface area contributed by atoms with Gasteiger partial charge in [-0.2, -0.15) is 0 Å². The van der Waals surface area contributed by atoms with Gasteiger partial charge in [-0.15, -0.1) is 0 Å². The molecule has 1 heterocycles. The summed E-state index contributed by atoms with van der Waals surface area (Å²) in [6.45, 7) is 0.332. The second kappa shape index (κ2) is 3.34. The van der Waals surface area contributed by atoms with Gasteiger partial charge >= 0.3 is 0 Å². The average Bonchev–Trinajstić information content (AvgIpc) is 2.31. The van der Waals surface area contributed by atoms with Crippen LogP contribution in [-0.2, 0) is 11.3 Å². The molecule has 0 unspecified atom stereocenters. The summed E-state index contributed by atoms with van der Waals surface area (Å²) in [6, 6.07) is 1.75. The SMILES string of the molecule is O=C=NCc1coc(Br)c1. The van der Waals surface area contributed by atoms with Gasteiger partial charge in [-0.1, -0.05) is 0 Å². The van der Waals surface area contributed by atoms with Gasteiger partial charge in [-0.05, 0) is 22.0 Å². The molecule has 0 amide bonds. The van der Waals surface area contributed by atoms with E-state index in [4.69, 9.17) is 4.42 Å². The van der Waals surface area contributed by atoms with E-state index >= 15 is 0 Å². The van der Waals surface area contributed by atoms with Crippen molar-refractivity contribution in [1.82, 2.24) is 0 Å². The number of nitrogens with zero attached hydrogens (tertiary/aromatic N) is 1. The summed E-state index contributed by atoms with van der Waals surface area (Å²) in [6.07, 6.45) is 2.98. The Morgan fingerprint density at radius 2 is 2.60 bits per heavy atom. The number of rotatable bonds is 2. The Bertz CT molecular complexity index is 262. The van der Waals surface area contributed by atoms with E-state index < -0.39 is 0 Å². The molecule has 10 heavy (non-hydrogen) atoms. The Hall–Kier alpha value is -0.860. The monoisotopic (exact) mass is 201 g/mol. The number of hydrogen-bond donors (Lipinski definition) is 0. The minimum Gasteiger partial charge on any atom is -0.457 e. The fourth-order valence-electron chi connectivity index (χ4n) is 0.552. The summed E-state index contributed by atoms with van der Waals surface area (Å²) in [7, 11) is 0. The van der Waals surface area contributed by atoms with Crippen LogP contribution >= 0.6 is 15.9 Å². The van der Waals surface area contributed by atoms with E-state index in [1.807, 2.05) is 0 Å². The predicted molar refractivity (Wildman–Crippen MR) is 38.2 cm³/mol. The van der Waals surface area contributed by atoms with E-state index in [1.165, 1.54) is 12.3 Å². The van der Waals surface area contributed by atoms with Crippen molar-refractivity contribution >= 4 is 22.0 Å². The Morgan fingerprint density at radius 1 is 1.80 bits per heavy atom. The number of isocyanates is 1. The quantitative estimate of drug-likeness (QED) is 0.542. The van der Waals surface area contributed by atoms with Crippen LogP contribution in [0, 0.1) is 0 Å². The summed E-state index contributed by atoms with van der Waals surface area (Å²) in [5, 5.41) is 0. The predicted octanol–water partition coefficient (Wildman–Crippen LogP) is 1.88. The third-order valence-corrected chi connectivity index (χ3v) is 1.36. The summed E-state index contributed by atoms with van der Waals surface area (Å²) in [5.41, 5.74) is 0.857. The van der Waals surface area contributed by atoms with Crippen molar-refractivity contribution in [1.29, 1.82) is 0 Å². The van der Waals surface area contributed by atoms with Gasteiger partial charge in [0, 0.05) is 5.56 Å². The smallest absolute Gasteiger partial charge is 0.235 e. The van der Waals surface area contributed by atoms with Gasteiger partial charge < -0.3 is 4.42 Å². The van der Waals surface area contributed by atoms with Crippen LogP contribution in [0.4, 0.5) is 0 Å². The van der Waals surface area contributed by atoms with Crippen molar-refractivity contribution in [2.75, 3.05) is 0 Å². The zero-order chi connectivity index (χ0) is 7.40. The maximum atomic E-state index is 9.65. The maximum Gasteiger partial charge on any atom is 0.235 e. The molecule has 0 bridgehead atoms. The van der Waals surface area contributed by atoms with Crippen LogP contribution in [0.1, 0.15) is 5.56 Å². The highest BCUT2D eigenvalue weighted by Crippen LogP contribution is 2.14. The van der Waals surface area contributed by atoms with Crippen LogP contribution < -0.4 is 0 Å². The molecule has 3 nitrogen and oxygen atoms in total. The molecule has 1 aromatic heterocycles. The highest BCUT2D eigenvalue weighted by molar-refractivity contribution is 9.10. The lowest BCUT2D eigenvalue weighted by Gasteiger charge is -1.78. The zero-order valence-electron chi connectivity index (χ0n) is 5.00. The second-order valence-electron chi connectivity index (χ2n) is 1.67. The highest BCUT2D eigenvalue weighted by atomic mass is 79.9. The van der Waals surface area contributed by atoms with Crippen molar-refractivity contribution in [2.45, 2.75) is 6.54 Å². The lowest BCUT2D eigenvalue weighted by atomic mass is 10.3. The van der Waals surface area contributed by atoms with Crippen molar-refractivity contribution < 1.29 is 9.21 Å². The number of hydrogen-bond acceptors (Lipinski definition) is 3. The van der Waals surface area contributed by atoms with Crippen LogP contribution in [0.25, 0.3) is 0 Å². The van der Waals surface area contributed by atoms with Crippen molar-refractivity contribution in [2.24, 2.45) is 4.99 Å². The van der Waals surface area contributed by atoms with Crippen LogP contribution in [0.2, 0.25) is 0 Å². The second-order valence-corrected chi connectivity index (χ2v) is 2.45. The molecule has 4 heteroatoms. The molecular weight excluding hydrogens is 198 g/mol. The van der Waals surface area contributed by atoms with Crippen LogP contribution in [0.15, 0.2) is 26.4 Å². The van der Waals surface area contributed by atoms with Gasteiger partial charge in [0.1, 0.15) is 0 Å². The lowest BCUT2D eigenvalue weighted by Crippen LogP contribution is -1.72. The molecule has 52 valence electrons. The first-order chi connectivity index (χ1) is 4.83. The minimum atomic E-state index is 0.332. The first-order valence-corrected chi connectivity index (χ1v) is 3.39. The number of furan rings is 1. The molecule has 0 aromatic carbocycles. The fourth-order valence-corrected chi connectivity index (χ4v) is 0.940. The number of carbonyl (C=O) groups excluding carboxylic acids is 1. The van der Waals surface area contributed by atoms with Crippen LogP contribution in [-0.4, -0.2) is 6.08 Å². The molecule has 0 radical (unpaired) electrons. The zero-order valence-corrected chi connectivity index (χ0v) is 6.59. The Kier molecular flexibility index (Phi) is 2.42. The van der Waals surface area contributed by atoms with Gasteiger partial charge in [0.2, 0.25) is 6.08 Å². The number of aliphatic imine (C=N–C) groups is 1. The third kappa shape index (κ3) is 1.83. The molecule has 0 aliphatic rings. The number of halogens is 1. The average molecular weight is 202 g/mol. The van der Waals surface area contributed by atoms with Crippen LogP contribution in [0.3, 0.4) is 0 Å². The van der Waals surface area contributed by atoms with Gasteiger partial charge in [-0.25, -0.2) is 9.79 Å². The summed E-state index contributed by atoms with van der Waals surface area (Å²) < 4.78 is 5.53. The summed E-state index contributed by atoms with van der Waals surface area (Å²) in [5.74, 6) is 0. The molecular formula is C6H4BrNO2. The van der Waals surface area contributed by atoms with Gasteiger partial charge in [0.05, 0.1) is 12.8 Å². The molecule has 0 saturated carbocycles. The first kappa shape index (κ1) is 7.25. The van der Waals surface area contributed by atoms with E-state index in [9.17, 15) is 4.79 Å². The van der Waals surface area contributed by atoms with Crippen molar-refractivity contribution in [3.8, 4) is 0 Å². The minimum absolute atomic E-state index is 0.332. The van der Waals surface area contributed by atoms with Gasteiger partial charge in [-0.3, -0.25) is 0 Å².